The summed E-state index contributed by atoms with van der Waals surface area (Å²) >= 11 is 0. The summed E-state index contributed by atoms with van der Waals surface area (Å²) in [5.41, 5.74) is 0.409. The van der Waals surface area contributed by atoms with Crippen LogP contribution in [0.4, 0.5) is 0 Å². The summed E-state index contributed by atoms with van der Waals surface area (Å²) in [6.45, 7) is 13.9. The zero-order valence-corrected chi connectivity index (χ0v) is 23.4. The van der Waals surface area contributed by atoms with Crippen molar-refractivity contribution < 1.29 is 8.85 Å². The third kappa shape index (κ3) is 12.1. The van der Waals surface area contributed by atoms with Gasteiger partial charge in [-0.25, -0.2) is 0 Å². The van der Waals surface area contributed by atoms with Gasteiger partial charge in [0.15, 0.2) is 19.5 Å². The van der Waals surface area contributed by atoms with Gasteiger partial charge >= 0.3 is 0 Å². The monoisotopic (exact) mass is 430 g/mol. The summed E-state index contributed by atoms with van der Waals surface area (Å²) in [6, 6.07) is 2.65. The first-order valence-corrected chi connectivity index (χ1v) is 16.0. The molecule has 0 aliphatic carbocycles. The van der Waals surface area contributed by atoms with Crippen molar-refractivity contribution in [3.63, 3.8) is 0 Å². The predicted molar refractivity (Wildman–Crippen MR) is 133 cm³/mol. The molecule has 4 heteroatoms. The maximum Gasteiger partial charge on any atom is 0.162 e. The van der Waals surface area contributed by atoms with Crippen molar-refractivity contribution >= 4 is 19.5 Å². The molecule has 0 heterocycles. The zero-order valence-electron chi connectivity index (χ0n) is 20.5. The van der Waals surface area contributed by atoms with Crippen LogP contribution in [0.15, 0.2) is 0 Å². The Morgan fingerprint density at radius 2 is 0.786 bits per heavy atom. The second kappa shape index (κ2) is 18.1. The Bertz CT molecular complexity index is 289. The van der Waals surface area contributed by atoms with Crippen LogP contribution < -0.4 is 0 Å². The van der Waals surface area contributed by atoms with E-state index in [0.29, 0.717) is 0 Å². The molecule has 0 bridgehead atoms. The highest BCUT2D eigenvalue weighted by Gasteiger charge is 2.28. The molecular weight excluding hydrogens is 376 g/mol. The van der Waals surface area contributed by atoms with E-state index in [1.807, 2.05) is 0 Å². The summed E-state index contributed by atoms with van der Waals surface area (Å²) in [6.07, 6.45) is 17.9. The van der Waals surface area contributed by atoms with E-state index in [9.17, 15) is 0 Å². The number of unbranched alkanes of at least 4 members (excludes halogenated alkanes) is 4. The molecule has 0 N–H and O–H groups in total. The van der Waals surface area contributed by atoms with Gasteiger partial charge in [0.25, 0.3) is 0 Å². The molecule has 0 rings (SSSR count). The van der Waals surface area contributed by atoms with E-state index >= 15 is 0 Å². The minimum absolute atomic E-state index is 0.204. The van der Waals surface area contributed by atoms with Crippen molar-refractivity contribution in [1.82, 2.24) is 0 Å². The molecule has 0 fully saturated rings. The molecule has 0 radical (unpaired) electrons. The van der Waals surface area contributed by atoms with Gasteiger partial charge in [0.2, 0.25) is 0 Å². The predicted octanol–water partition coefficient (Wildman–Crippen LogP) is 7.08. The second-order valence-corrected chi connectivity index (χ2v) is 11.7. The quantitative estimate of drug-likeness (QED) is 0.143. The highest BCUT2D eigenvalue weighted by atomic mass is 28.2. The summed E-state index contributed by atoms with van der Waals surface area (Å²) in [5.74, 6) is 0. The molecule has 28 heavy (non-hydrogen) atoms. The minimum Gasteiger partial charge on any atom is -0.419 e. The van der Waals surface area contributed by atoms with Gasteiger partial charge in [0, 0.05) is 0 Å². The van der Waals surface area contributed by atoms with E-state index in [1.165, 1.54) is 102 Å². The molecule has 0 saturated carbocycles. The van der Waals surface area contributed by atoms with Gasteiger partial charge in [0.05, 0.1) is 11.2 Å². The summed E-state index contributed by atoms with van der Waals surface area (Å²) < 4.78 is 13.4. The molecule has 0 amide bonds. The smallest absolute Gasteiger partial charge is 0.162 e. The molecule has 0 aliphatic rings. The standard InChI is InChI=1S/C24H54O2Si2/c1-7-13-17-23(11-5,18-14-8-2)25-27-21-22-28-26-24(12-6,19-15-9-3)20-16-10-4/h7-22,27-28H2,1-6H3. The van der Waals surface area contributed by atoms with Crippen LogP contribution in [0.2, 0.25) is 12.1 Å². The second-order valence-electron chi connectivity index (χ2n) is 8.89. The van der Waals surface area contributed by atoms with Crippen molar-refractivity contribution in [2.45, 2.75) is 155 Å². The number of rotatable bonds is 21. The molecule has 0 aromatic rings. The van der Waals surface area contributed by atoms with Gasteiger partial charge in [-0.3, -0.25) is 0 Å². The van der Waals surface area contributed by atoms with E-state index in [2.05, 4.69) is 41.5 Å². The molecule has 0 unspecified atom stereocenters. The van der Waals surface area contributed by atoms with Crippen molar-refractivity contribution in [3.8, 4) is 0 Å². The van der Waals surface area contributed by atoms with Crippen LogP contribution in [0.1, 0.15) is 131 Å². The lowest BCUT2D eigenvalue weighted by atomic mass is 9.88. The first-order valence-electron chi connectivity index (χ1n) is 12.8. The van der Waals surface area contributed by atoms with Gasteiger partial charge < -0.3 is 8.85 Å². The molecule has 2 nitrogen and oxygen atoms in total. The third-order valence-electron chi connectivity index (χ3n) is 6.59. The first kappa shape index (κ1) is 28.4. The van der Waals surface area contributed by atoms with Crippen LogP contribution in [0.5, 0.6) is 0 Å². The summed E-state index contributed by atoms with van der Waals surface area (Å²) in [7, 11) is -0.814. The molecule has 0 atom stereocenters. The summed E-state index contributed by atoms with van der Waals surface area (Å²) in [5, 5.41) is 0. The van der Waals surface area contributed by atoms with E-state index in [-0.39, 0.29) is 11.2 Å². The van der Waals surface area contributed by atoms with E-state index in [4.69, 9.17) is 8.85 Å². The Labute approximate surface area is 183 Å². The first-order chi connectivity index (χ1) is 13.6. The summed E-state index contributed by atoms with van der Waals surface area (Å²) in [4.78, 5) is 0. The van der Waals surface area contributed by atoms with Gasteiger partial charge in [-0.1, -0.05) is 92.9 Å². The average molecular weight is 431 g/mol. The molecule has 0 saturated heterocycles. The molecule has 0 aromatic carbocycles. The Morgan fingerprint density at radius 1 is 0.500 bits per heavy atom. The number of hydrogen-bond acceptors (Lipinski definition) is 2. The molecule has 0 aliphatic heterocycles. The van der Waals surface area contributed by atoms with Crippen LogP contribution in [0.3, 0.4) is 0 Å². The molecular formula is C24H54O2Si2. The van der Waals surface area contributed by atoms with Crippen molar-refractivity contribution in [1.29, 1.82) is 0 Å². The fourth-order valence-electron chi connectivity index (χ4n) is 4.23. The Morgan fingerprint density at radius 3 is 1.00 bits per heavy atom. The van der Waals surface area contributed by atoms with Crippen LogP contribution in [-0.2, 0) is 8.85 Å². The maximum absolute atomic E-state index is 6.68. The molecule has 170 valence electrons. The highest BCUT2D eigenvalue weighted by Crippen LogP contribution is 2.31. The normalized spacial score (nSPS) is 13.5. The van der Waals surface area contributed by atoms with E-state index in [0.717, 1.165) is 0 Å². The van der Waals surface area contributed by atoms with Gasteiger partial charge in [-0.15, -0.1) is 0 Å². The topological polar surface area (TPSA) is 18.5 Å². The Kier molecular flexibility index (Phi) is 18.4. The molecule has 0 spiro atoms. The van der Waals surface area contributed by atoms with Crippen LogP contribution in [-0.4, -0.2) is 30.7 Å². The lowest BCUT2D eigenvalue weighted by Gasteiger charge is -2.35. The lowest BCUT2D eigenvalue weighted by Crippen LogP contribution is -2.34. The van der Waals surface area contributed by atoms with Crippen LogP contribution in [0, 0.1) is 0 Å². The average Bonchev–Trinajstić information content (AvgIpc) is 2.73. The van der Waals surface area contributed by atoms with Gasteiger partial charge in [-0.2, -0.15) is 0 Å². The van der Waals surface area contributed by atoms with E-state index in [1.54, 1.807) is 0 Å². The number of hydrogen-bond donors (Lipinski definition) is 0. The largest absolute Gasteiger partial charge is 0.419 e. The maximum atomic E-state index is 6.68. The van der Waals surface area contributed by atoms with Crippen LogP contribution in [0.25, 0.3) is 0 Å². The lowest BCUT2D eigenvalue weighted by molar-refractivity contribution is 0.0426. The fourth-order valence-corrected chi connectivity index (χ4v) is 8.00. The molecule has 0 aromatic heterocycles. The van der Waals surface area contributed by atoms with Crippen molar-refractivity contribution in [2.24, 2.45) is 0 Å². The third-order valence-corrected chi connectivity index (χ3v) is 10.8. The minimum atomic E-state index is -0.407. The van der Waals surface area contributed by atoms with Gasteiger partial charge in [-0.05, 0) is 50.6 Å². The Balaban J connectivity index is 4.39. The Hall–Kier alpha value is 0.354. The zero-order chi connectivity index (χ0) is 21.1. The highest BCUT2D eigenvalue weighted by molar-refractivity contribution is 6.34. The van der Waals surface area contributed by atoms with E-state index < -0.39 is 19.5 Å². The SMILES string of the molecule is CCCCC(CC)(CCCC)O[SiH2]CC[SiH2]OC(CC)(CCCC)CCCC. The van der Waals surface area contributed by atoms with Crippen LogP contribution >= 0.6 is 0 Å². The van der Waals surface area contributed by atoms with Gasteiger partial charge in [0.1, 0.15) is 0 Å². The van der Waals surface area contributed by atoms with Crippen molar-refractivity contribution in [3.05, 3.63) is 0 Å². The van der Waals surface area contributed by atoms with Crippen molar-refractivity contribution in [2.75, 3.05) is 0 Å². The fraction of sp³-hybridized carbons (Fsp3) is 1.00.